The van der Waals surface area contributed by atoms with Crippen molar-refractivity contribution in [3.05, 3.63) is 69.5 Å². The minimum Gasteiger partial charge on any atom is -0.298 e. The Balaban J connectivity index is 2.03. The first-order chi connectivity index (χ1) is 11.9. The fraction of sp³-hybridized carbons (Fsp3) is 0. The second kappa shape index (κ2) is 6.92. The first-order valence-electron chi connectivity index (χ1n) is 6.99. The number of benzene rings is 2. The number of halogens is 3. The molecule has 1 fully saturated rings. The maximum absolute atomic E-state index is 13.2. The number of carbonyl (C=O) groups is 2. The van der Waals surface area contributed by atoms with E-state index in [2.05, 4.69) is 5.32 Å². The lowest BCUT2D eigenvalue weighted by atomic mass is 10.1. The molecule has 0 bridgehead atoms. The molecule has 1 saturated heterocycles. The lowest BCUT2D eigenvalue weighted by molar-refractivity contribution is -0.122. The number of hydrogen-bond acceptors (Lipinski definition) is 3. The van der Waals surface area contributed by atoms with E-state index < -0.39 is 17.6 Å². The molecule has 126 valence electrons. The van der Waals surface area contributed by atoms with Gasteiger partial charge in [-0.25, -0.2) is 4.39 Å². The molecule has 0 atom stereocenters. The summed E-state index contributed by atoms with van der Waals surface area (Å²) in [7, 11) is 0. The van der Waals surface area contributed by atoms with E-state index in [1.165, 1.54) is 23.1 Å². The third-order valence-electron chi connectivity index (χ3n) is 3.45. The highest BCUT2D eigenvalue weighted by Crippen LogP contribution is 2.25. The molecule has 0 aromatic heterocycles. The highest BCUT2D eigenvalue weighted by molar-refractivity contribution is 7.80. The summed E-state index contributed by atoms with van der Waals surface area (Å²) < 4.78 is 13.2. The van der Waals surface area contributed by atoms with Gasteiger partial charge in [-0.1, -0.05) is 29.3 Å². The van der Waals surface area contributed by atoms with Crippen LogP contribution in [-0.2, 0) is 9.59 Å². The van der Waals surface area contributed by atoms with Crippen LogP contribution < -0.4 is 10.2 Å². The number of nitrogens with zero attached hydrogens (tertiary/aromatic N) is 1. The molecule has 1 aliphatic heterocycles. The lowest BCUT2D eigenvalue weighted by Crippen LogP contribution is -2.54. The number of hydrogen-bond donors (Lipinski definition) is 1. The maximum Gasteiger partial charge on any atom is 0.270 e. The Morgan fingerprint density at radius 2 is 1.76 bits per heavy atom. The normalized spacial score (nSPS) is 16.4. The highest BCUT2D eigenvalue weighted by atomic mass is 35.5. The Hall–Kier alpha value is -2.28. The summed E-state index contributed by atoms with van der Waals surface area (Å²) in [5.74, 6) is -1.78. The van der Waals surface area contributed by atoms with Crippen LogP contribution in [0.1, 0.15) is 5.56 Å². The highest BCUT2D eigenvalue weighted by Gasteiger charge is 2.34. The van der Waals surface area contributed by atoms with E-state index in [-0.39, 0.29) is 15.7 Å². The van der Waals surface area contributed by atoms with E-state index in [0.717, 1.165) is 6.07 Å². The molecule has 25 heavy (non-hydrogen) atoms. The first kappa shape index (κ1) is 17.5. The molecule has 0 radical (unpaired) electrons. The van der Waals surface area contributed by atoms with E-state index in [0.29, 0.717) is 16.3 Å². The van der Waals surface area contributed by atoms with E-state index in [1.54, 1.807) is 24.3 Å². The maximum atomic E-state index is 13.2. The summed E-state index contributed by atoms with van der Waals surface area (Å²) in [5, 5.41) is 2.99. The van der Waals surface area contributed by atoms with Crippen molar-refractivity contribution in [2.24, 2.45) is 0 Å². The molecule has 0 aliphatic carbocycles. The average molecular weight is 395 g/mol. The quantitative estimate of drug-likeness (QED) is 0.476. The van der Waals surface area contributed by atoms with Crippen molar-refractivity contribution in [3.8, 4) is 0 Å². The number of thiocarbonyl (C=S) groups is 1. The molecule has 0 spiro atoms. The zero-order chi connectivity index (χ0) is 18.1. The lowest BCUT2D eigenvalue weighted by Gasteiger charge is -2.29. The largest absolute Gasteiger partial charge is 0.298 e. The van der Waals surface area contributed by atoms with E-state index >= 15 is 0 Å². The fourth-order valence-corrected chi connectivity index (χ4v) is 2.88. The number of anilines is 1. The standard InChI is InChI=1S/C17H9Cl2FN2O2S/c18-10-2-5-12(6-3-10)22-16(24)13(15(23)21-17(22)25)7-9-1-4-11(20)8-14(9)19/h1-8H,(H,21,23,25)/b13-7+. The van der Waals surface area contributed by atoms with Gasteiger partial charge in [0, 0.05) is 5.02 Å². The third-order valence-corrected chi connectivity index (χ3v) is 4.31. The van der Waals surface area contributed by atoms with Crippen LogP contribution in [0.3, 0.4) is 0 Å². The zero-order valence-corrected chi connectivity index (χ0v) is 14.8. The van der Waals surface area contributed by atoms with Gasteiger partial charge in [-0.05, 0) is 60.3 Å². The van der Waals surface area contributed by atoms with Crippen molar-refractivity contribution in [2.45, 2.75) is 0 Å². The van der Waals surface area contributed by atoms with Gasteiger partial charge in [-0.2, -0.15) is 0 Å². The van der Waals surface area contributed by atoms with Crippen LogP contribution in [-0.4, -0.2) is 16.9 Å². The molecule has 0 unspecified atom stereocenters. The molecule has 3 rings (SSSR count). The predicted molar refractivity (Wildman–Crippen MR) is 99.1 cm³/mol. The average Bonchev–Trinajstić information content (AvgIpc) is 2.55. The summed E-state index contributed by atoms with van der Waals surface area (Å²) >= 11 is 16.9. The molecule has 1 aliphatic rings. The second-order valence-electron chi connectivity index (χ2n) is 5.10. The first-order valence-corrected chi connectivity index (χ1v) is 8.15. The van der Waals surface area contributed by atoms with Gasteiger partial charge in [-0.3, -0.25) is 19.8 Å². The van der Waals surface area contributed by atoms with Gasteiger partial charge in [0.1, 0.15) is 11.4 Å². The summed E-state index contributed by atoms with van der Waals surface area (Å²) in [6.07, 6.45) is 1.30. The molecule has 2 amide bonds. The second-order valence-corrected chi connectivity index (χ2v) is 6.33. The van der Waals surface area contributed by atoms with Crippen LogP contribution in [0.2, 0.25) is 10.0 Å². The van der Waals surface area contributed by atoms with Crippen molar-refractivity contribution in [3.63, 3.8) is 0 Å². The smallest absolute Gasteiger partial charge is 0.270 e. The summed E-state index contributed by atoms with van der Waals surface area (Å²) in [6, 6.07) is 10.1. The Bertz CT molecular complexity index is 929. The van der Waals surface area contributed by atoms with Crippen LogP contribution >= 0.6 is 35.4 Å². The number of amides is 2. The zero-order valence-electron chi connectivity index (χ0n) is 12.4. The molecule has 2 aromatic rings. The Morgan fingerprint density at radius 3 is 2.40 bits per heavy atom. The van der Waals surface area contributed by atoms with Gasteiger partial charge in [0.05, 0.1) is 10.7 Å². The molecule has 2 aromatic carbocycles. The minimum absolute atomic E-state index is 0.0420. The summed E-state index contributed by atoms with van der Waals surface area (Å²) in [4.78, 5) is 26.1. The monoisotopic (exact) mass is 394 g/mol. The van der Waals surface area contributed by atoms with Crippen LogP contribution in [0.15, 0.2) is 48.0 Å². The van der Waals surface area contributed by atoms with Crippen LogP contribution in [0.5, 0.6) is 0 Å². The van der Waals surface area contributed by atoms with Gasteiger partial charge in [0.15, 0.2) is 5.11 Å². The molecule has 1 N–H and O–H groups in total. The van der Waals surface area contributed by atoms with E-state index in [9.17, 15) is 14.0 Å². The van der Waals surface area contributed by atoms with Crippen molar-refractivity contribution in [1.29, 1.82) is 0 Å². The molecule has 4 nitrogen and oxygen atoms in total. The van der Waals surface area contributed by atoms with Gasteiger partial charge in [0.25, 0.3) is 11.8 Å². The van der Waals surface area contributed by atoms with Gasteiger partial charge >= 0.3 is 0 Å². The molecule has 1 heterocycles. The Morgan fingerprint density at radius 1 is 1.08 bits per heavy atom. The van der Waals surface area contributed by atoms with Gasteiger partial charge < -0.3 is 0 Å². The van der Waals surface area contributed by atoms with Gasteiger partial charge in [-0.15, -0.1) is 0 Å². The minimum atomic E-state index is -0.652. The predicted octanol–water partition coefficient (Wildman–Crippen LogP) is 3.96. The van der Waals surface area contributed by atoms with E-state index in [1.807, 2.05) is 0 Å². The number of nitrogens with one attached hydrogen (secondary N) is 1. The Kier molecular flexibility index (Phi) is 4.85. The van der Waals surface area contributed by atoms with Crippen LogP contribution in [0, 0.1) is 5.82 Å². The molecular weight excluding hydrogens is 386 g/mol. The number of carbonyl (C=O) groups excluding carboxylic acids is 2. The van der Waals surface area contributed by atoms with Crippen molar-refractivity contribution in [2.75, 3.05) is 4.90 Å². The van der Waals surface area contributed by atoms with Crippen molar-refractivity contribution in [1.82, 2.24) is 5.32 Å². The van der Waals surface area contributed by atoms with Crippen molar-refractivity contribution >= 4 is 64.1 Å². The summed E-state index contributed by atoms with van der Waals surface area (Å²) in [6.45, 7) is 0. The van der Waals surface area contributed by atoms with E-state index in [4.69, 9.17) is 35.4 Å². The van der Waals surface area contributed by atoms with Crippen LogP contribution in [0.25, 0.3) is 6.08 Å². The van der Waals surface area contributed by atoms with Gasteiger partial charge in [0.2, 0.25) is 0 Å². The molecular formula is C17H9Cl2FN2O2S. The third kappa shape index (κ3) is 3.56. The van der Waals surface area contributed by atoms with Crippen molar-refractivity contribution < 1.29 is 14.0 Å². The molecule has 8 heteroatoms. The SMILES string of the molecule is O=C1NC(=S)N(c2ccc(Cl)cc2)C(=O)/C1=C/c1ccc(F)cc1Cl. The fourth-order valence-electron chi connectivity index (χ4n) is 2.26. The Labute approximate surface area is 157 Å². The topological polar surface area (TPSA) is 49.4 Å². The number of rotatable bonds is 2. The summed E-state index contributed by atoms with van der Waals surface area (Å²) in [5.41, 5.74) is 0.623. The molecule has 0 saturated carbocycles. The van der Waals surface area contributed by atoms with Crippen LogP contribution in [0.4, 0.5) is 10.1 Å².